The molecule has 2 heterocycles. The molecule has 84 valence electrons. The summed E-state index contributed by atoms with van der Waals surface area (Å²) < 4.78 is 5.04. The van der Waals surface area contributed by atoms with Crippen molar-refractivity contribution in [3.05, 3.63) is 34.8 Å². The number of aryl methyl sites for hydroxylation is 1. The minimum absolute atomic E-state index is 0.394. The summed E-state index contributed by atoms with van der Waals surface area (Å²) in [6, 6.07) is 5.18. The minimum Gasteiger partial charge on any atom is -0.396 e. The van der Waals surface area contributed by atoms with Crippen molar-refractivity contribution in [3.63, 3.8) is 0 Å². The van der Waals surface area contributed by atoms with Gasteiger partial charge in [-0.15, -0.1) is 0 Å². The summed E-state index contributed by atoms with van der Waals surface area (Å²) in [6.45, 7) is 2.33. The Balaban J connectivity index is 2.07. The van der Waals surface area contributed by atoms with Gasteiger partial charge in [0.15, 0.2) is 11.6 Å². The number of nitrogens with one attached hydrogen (secondary N) is 1. The first-order chi connectivity index (χ1) is 7.65. The van der Waals surface area contributed by atoms with Crippen molar-refractivity contribution in [1.82, 2.24) is 10.1 Å². The van der Waals surface area contributed by atoms with Crippen LogP contribution in [0.2, 0.25) is 5.15 Å². The molecule has 2 aromatic heterocycles. The molecule has 16 heavy (non-hydrogen) atoms. The van der Waals surface area contributed by atoms with Crippen molar-refractivity contribution < 1.29 is 4.52 Å². The van der Waals surface area contributed by atoms with Crippen molar-refractivity contribution in [3.8, 4) is 0 Å². The Bertz CT molecular complexity index is 497. The lowest BCUT2D eigenvalue weighted by atomic mass is 10.3. The largest absolute Gasteiger partial charge is 0.396 e. The number of pyridine rings is 1. The molecule has 0 aliphatic rings. The molecule has 3 N–H and O–H groups in total. The van der Waals surface area contributed by atoms with Gasteiger partial charge < -0.3 is 15.6 Å². The highest BCUT2D eigenvalue weighted by Crippen LogP contribution is 2.19. The van der Waals surface area contributed by atoms with E-state index in [-0.39, 0.29) is 0 Å². The standard InChI is InChI=1S/C10H11ClN4O/c1-6-4-7(16-15-6)5-13-10-8(12)2-3-9(11)14-10/h2-4H,5,12H2,1H3,(H,13,14). The van der Waals surface area contributed by atoms with Gasteiger partial charge in [0.2, 0.25) is 0 Å². The van der Waals surface area contributed by atoms with E-state index in [1.165, 1.54) is 0 Å². The molecule has 0 bridgehead atoms. The predicted octanol–water partition coefficient (Wildman–Crippen LogP) is 2.23. The van der Waals surface area contributed by atoms with Crippen LogP contribution < -0.4 is 11.1 Å². The fourth-order valence-corrected chi connectivity index (χ4v) is 1.41. The maximum absolute atomic E-state index is 5.76. The van der Waals surface area contributed by atoms with Gasteiger partial charge in [0.05, 0.1) is 17.9 Å². The molecule has 0 atom stereocenters. The van der Waals surface area contributed by atoms with Crippen molar-refractivity contribution in [2.24, 2.45) is 0 Å². The van der Waals surface area contributed by atoms with Crippen LogP contribution in [0.3, 0.4) is 0 Å². The summed E-state index contributed by atoms with van der Waals surface area (Å²) in [7, 11) is 0. The number of hydrogen-bond acceptors (Lipinski definition) is 5. The number of anilines is 2. The molecule has 0 aliphatic carbocycles. The Morgan fingerprint density at radius 3 is 3.00 bits per heavy atom. The molecule has 5 nitrogen and oxygen atoms in total. The van der Waals surface area contributed by atoms with E-state index >= 15 is 0 Å². The molecule has 0 unspecified atom stereocenters. The maximum atomic E-state index is 5.76. The summed E-state index contributed by atoms with van der Waals surface area (Å²) >= 11 is 5.76. The number of nitrogen functional groups attached to an aromatic ring is 1. The van der Waals surface area contributed by atoms with Crippen LogP contribution in [0.4, 0.5) is 11.5 Å². The second-order valence-electron chi connectivity index (χ2n) is 3.36. The third-order valence-electron chi connectivity index (χ3n) is 2.00. The summed E-state index contributed by atoms with van der Waals surface area (Å²) in [5.74, 6) is 1.26. The highest BCUT2D eigenvalue weighted by Gasteiger charge is 2.04. The topological polar surface area (TPSA) is 77.0 Å². The fraction of sp³-hybridized carbons (Fsp3) is 0.200. The Hall–Kier alpha value is -1.75. The van der Waals surface area contributed by atoms with Crippen molar-refractivity contribution in [2.75, 3.05) is 11.1 Å². The van der Waals surface area contributed by atoms with E-state index < -0.39 is 0 Å². The number of nitrogens with two attached hydrogens (primary N) is 1. The summed E-state index contributed by atoms with van der Waals surface area (Å²) in [6.07, 6.45) is 0. The van der Waals surface area contributed by atoms with E-state index in [1.54, 1.807) is 12.1 Å². The number of hydrogen-bond donors (Lipinski definition) is 2. The van der Waals surface area contributed by atoms with Gasteiger partial charge in [0.25, 0.3) is 0 Å². The first-order valence-corrected chi connectivity index (χ1v) is 5.11. The van der Waals surface area contributed by atoms with Crippen LogP contribution in [0.15, 0.2) is 22.7 Å². The van der Waals surface area contributed by atoms with Gasteiger partial charge in [0.1, 0.15) is 5.15 Å². The maximum Gasteiger partial charge on any atom is 0.156 e. The zero-order chi connectivity index (χ0) is 11.5. The average Bonchev–Trinajstić information content (AvgIpc) is 2.66. The van der Waals surface area contributed by atoms with E-state index in [4.69, 9.17) is 21.9 Å². The van der Waals surface area contributed by atoms with E-state index in [0.717, 1.165) is 11.5 Å². The molecule has 6 heteroatoms. The molecule has 0 spiro atoms. The molecular formula is C10H11ClN4O. The Labute approximate surface area is 97.6 Å². The van der Waals surface area contributed by atoms with Gasteiger partial charge in [-0.3, -0.25) is 0 Å². The number of aromatic nitrogens is 2. The van der Waals surface area contributed by atoms with E-state index in [2.05, 4.69) is 15.5 Å². The Morgan fingerprint density at radius 1 is 1.50 bits per heavy atom. The van der Waals surface area contributed by atoms with Crippen LogP contribution in [0.5, 0.6) is 0 Å². The smallest absolute Gasteiger partial charge is 0.156 e. The SMILES string of the molecule is Cc1cc(CNc2nc(Cl)ccc2N)on1. The van der Waals surface area contributed by atoms with Crippen LogP contribution in [-0.2, 0) is 6.54 Å². The highest BCUT2D eigenvalue weighted by atomic mass is 35.5. The van der Waals surface area contributed by atoms with Crippen LogP contribution >= 0.6 is 11.6 Å². The van der Waals surface area contributed by atoms with Gasteiger partial charge in [-0.25, -0.2) is 4.98 Å². The van der Waals surface area contributed by atoms with Crippen molar-refractivity contribution in [2.45, 2.75) is 13.5 Å². The Morgan fingerprint density at radius 2 is 2.31 bits per heavy atom. The van der Waals surface area contributed by atoms with Crippen molar-refractivity contribution in [1.29, 1.82) is 0 Å². The molecule has 0 aliphatic heterocycles. The monoisotopic (exact) mass is 238 g/mol. The molecule has 0 radical (unpaired) electrons. The second-order valence-corrected chi connectivity index (χ2v) is 3.75. The average molecular weight is 239 g/mol. The van der Waals surface area contributed by atoms with Gasteiger partial charge in [-0.1, -0.05) is 16.8 Å². The lowest BCUT2D eigenvalue weighted by Gasteiger charge is -2.06. The van der Waals surface area contributed by atoms with Gasteiger partial charge >= 0.3 is 0 Å². The highest BCUT2D eigenvalue weighted by molar-refractivity contribution is 6.29. The first-order valence-electron chi connectivity index (χ1n) is 4.73. The second kappa shape index (κ2) is 4.40. The molecule has 0 fully saturated rings. The van der Waals surface area contributed by atoms with E-state index in [1.807, 2.05) is 13.0 Å². The lowest BCUT2D eigenvalue weighted by Crippen LogP contribution is -2.03. The molecule has 2 aromatic rings. The number of halogens is 1. The van der Waals surface area contributed by atoms with Crippen LogP contribution in [-0.4, -0.2) is 10.1 Å². The normalized spacial score (nSPS) is 10.4. The molecule has 0 saturated heterocycles. The van der Waals surface area contributed by atoms with Gasteiger partial charge in [-0.05, 0) is 19.1 Å². The minimum atomic E-state index is 0.394. The van der Waals surface area contributed by atoms with Gasteiger partial charge in [0, 0.05) is 6.07 Å². The Kier molecular flexibility index (Phi) is 2.96. The molecule has 0 aromatic carbocycles. The quantitative estimate of drug-likeness (QED) is 0.802. The first kappa shape index (κ1) is 10.8. The molecule has 2 rings (SSSR count). The van der Waals surface area contributed by atoms with Crippen LogP contribution in [0.25, 0.3) is 0 Å². The number of rotatable bonds is 3. The third-order valence-corrected chi connectivity index (χ3v) is 2.21. The zero-order valence-corrected chi connectivity index (χ0v) is 9.45. The summed E-state index contributed by atoms with van der Waals surface area (Å²) in [5, 5.41) is 7.20. The summed E-state index contributed by atoms with van der Waals surface area (Å²) in [5.41, 5.74) is 7.11. The lowest BCUT2D eigenvalue weighted by molar-refractivity contribution is 0.384. The fourth-order valence-electron chi connectivity index (χ4n) is 1.26. The van der Waals surface area contributed by atoms with Crippen molar-refractivity contribution >= 4 is 23.1 Å². The third kappa shape index (κ3) is 2.43. The van der Waals surface area contributed by atoms with Crippen LogP contribution in [0, 0.1) is 6.92 Å². The molecule has 0 saturated carbocycles. The van der Waals surface area contributed by atoms with Crippen LogP contribution in [0.1, 0.15) is 11.5 Å². The summed E-state index contributed by atoms with van der Waals surface area (Å²) in [4.78, 5) is 4.06. The molecular weight excluding hydrogens is 228 g/mol. The van der Waals surface area contributed by atoms with E-state index in [0.29, 0.717) is 23.2 Å². The van der Waals surface area contributed by atoms with Gasteiger partial charge in [-0.2, -0.15) is 0 Å². The number of nitrogens with zero attached hydrogens (tertiary/aromatic N) is 2. The van der Waals surface area contributed by atoms with E-state index in [9.17, 15) is 0 Å². The predicted molar refractivity (Wildman–Crippen MR) is 62.2 cm³/mol. The zero-order valence-electron chi connectivity index (χ0n) is 8.70. The molecule has 0 amide bonds.